The van der Waals surface area contributed by atoms with Gasteiger partial charge in [-0.15, -0.1) is 0 Å². The number of hydrogen-bond acceptors (Lipinski definition) is 2. The van der Waals surface area contributed by atoms with Crippen LogP contribution < -0.4 is 0 Å². The minimum atomic E-state index is 0.333. The molecule has 0 saturated heterocycles. The maximum Gasteiger partial charge on any atom is 0.0720 e. The van der Waals surface area contributed by atoms with Crippen LogP contribution in [0.3, 0.4) is 0 Å². The Morgan fingerprint density at radius 2 is 1.81 bits per heavy atom. The van der Waals surface area contributed by atoms with Gasteiger partial charge >= 0.3 is 0 Å². The molecule has 1 fully saturated rings. The van der Waals surface area contributed by atoms with Gasteiger partial charge < -0.3 is 9.47 Å². The quantitative estimate of drug-likeness (QED) is 0.759. The highest BCUT2D eigenvalue weighted by Gasteiger charge is 2.31. The van der Waals surface area contributed by atoms with Crippen molar-refractivity contribution < 1.29 is 9.47 Å². The molecule has 0 spiro atoms. The van der Waals surface area contributed by atoms with Gasteiger partial charge in [0.15, 0.2) is 0 Å². The van der Waals surface area contributed by atoms with Crippen molar-refractivity contribution in [2.24, 2.45) is 0 Å². The molecule has 2 nitrogen and oxygen atoms in total. The third-order valence-corrected chi connectivity index (χ3v) is 2.84. The summed E-state index contributed by atoms with van der Waals surface area (Å²) >= 11 is 0. The Morgan fingerprint density at radius 3 is 2.44 bits per heavy atom. The van der Waals surface area contributed by atoms with Gasteiger partial charge in [0.25, 0.3) is 0 Å². The molecule has 0 radical (unpaired) electrons. The second-order valence-corrected chi connectivity index (χ2v) is 4.70. The van der Waals surface area contributed by atoms with Crippen molar-refractivity contribution in [1.29, 1.82) is 0 Å². The molecular formula is C14H20O2. The van der Waals surface area contributed by atoms with Crippen molar-refractivity contribution in [1.82, 2.24) is 0 Å². The van der Waals surface area contributed by atoms with Crippen molar-refractivity contribution in [3.05, 3.63) is 35.9 Å². The fraction of sp³-hybridized carbons (Fsp3) is 0.571. The summed E-state index contributed by atoms with van der Waals surface area (Å²) in [6.45, 7) is 4.89. The Balaban J connectivity index is 1.63. The third kappa shape index (κ3) is 3.32. The highest BCUT2D eigenvalue weighted by molar-refractivity contribution is 5.13. The third-order valence-electron chi connectivity index (χ3n) is 2.84. The lowest BCUT2D eigenvalue weighted by atomic mass is 9.92. The summed E-state index contributed by atoms with van der Waals surface area (Å²) in [4.78, 5) is 0. The standard InChI is InChI=1S/C14H20O2/c1-11(2)16-14-8-13(9-14)15-10-12-6-4-3-5-7-12/h3-7,11,13-14H,8-10H2,1-2H3/t13-,14+. The van der Waals surface area contributed by atoms with E-state index >= 15 is 0 Å². The maximum absolute atomic E-state index is 5.80. The van der Waals surface area contributed by atoms with Gasteiger partial charge in [0.05, 0.1) is 24.9 Å². The minimum Gasteiger partial charge on any atom is -0.375 e. The number of ether oxygens (including phenoxy) is 2. The highest BCUT2D eigenvalue weighted by atomic mass is 16.5. The molecule has 16 heavy (non-hydrogen) atoms. The fourth-order valence-corrected chi connectivity index (χ4v) is 1.94. The van der Waals surface area contributed by atoms with Crippen LogP contribution in [0.1, 0.15) is 32.3 Å². The molecule has 0 bridgehead atoms. The van der Waals surface area contributed by atoms with E-state index in [9.17, 15) is 0 Å². The molecular weight excluding hydrogens is 200 g/mol. The van der Waals surface area contributed by atoms with E-state index in [0.717, 1.165) is 19.4 Å². The van der Waals surface area contributed by atoms with Crippen LogP contribution >= 0.6 is 0 Å². The molecule has 1 aromatic rings. The fourth-order valence-electron chi connectivity index (χ4n) is 1.94. The molecule has 0 unspecified atom stereocenters. The van der Waals surface area contributed by atoms with E-state index in [1.54, 1.807) is 0 Å². The van der Waals surface area contributed by atoms with Gasteiger partial charge in [-0.3, -0.25) is 0 Å². The topological polar surface area (TPSA) is 18.5 Å². The van der Waals surface area contributed by atoms with Gasteiger partial charge in [0, 0.05) is 0 Å². The average Bonchev–Trinajstić information content (AvgIpc) is 2.22. The monoisotopic (exact) mass is 220 g/mol. The van der Waals surface area contributed by atoms with Crippen LogP contribution in [0.4, 0.5) is 0 Å². The largest absolute Gasteiger partial charge is 0.375 e. The van der Waals surface area contributed by atoms with E-state index in [2.05, 4.69) is 26.0 Å². The van der Waals surface area contributed by atoms with Crippen molar-refractivity contribution >= 4 is 0 Å². The summed E-state index contributed by atoms with van der Waals surface area (Å²) in [7, 11) is 0. The number of benzene rings is 1. The molecule has 0 atom stereocenters. The summed E-state index contributed by atoms with van der Waals surface area (Å²) in [5.41, 5.74) is 1.25. The summed E-state index contributed by atoms with van der Waals surface area (Å²) in [6.07, 6.45) is 3.24. The summed E-state index contributed by atoms with van der Waals surface area (Å²) < 4.78 is 11.5. The van der Waals surface area contributed by atoms with Crippen LogP contribution in [0.25, 0.3) is 0 Å². The van der Waals surface area contributed by atoms with Crippen molar-refractivity contribution in [2.75, 3.05) is 0 Å². The molecule has 0 aromatic heterocycles. The molecule has 2 heteroatoms. The van der Waals surface area contributed by atoms with Crippen molar-refractivity contribution in [3.63, 3.8) is 0 Å². The van der Waals surface area contributed by atoms with Gasteiger partial charge in [-0.2, -0.15) is 0 Å². The first-order valence-corrected chi connectivity index (χ1v) is 6.05. The lowest BCUT2D eigenvalue weighted by Crippen LogP contribution is -2.38. The smallest absolute Gasteiger partial charge is 0.0720 e. The number of hydrogen-bond donors (Lipinski definition) is 0. The van der Waals surface area contributed by atoms with Gasteiger partial charge in [0.2, 0.25) is 0 Å². The Kier molecular flexibility index (Phi) is 3.97. The van der Waals surface area contributed by atoms with Crippen LogP contribution in [0.2, 0.25) is 0 Å². The van der Waals surface area contributed by atoms with Crippen LogP contribution in [0.5, 0.6) is 0 Å². The Labute approximate surface area is 97.6 Å². The normalized spacial score (nSPS) is 24.4. The van der Waals surface area contributed by atoms with Gasteiger partial charge in [-0.25, -0.2) is 0 Å². The van der Waals surface area contributed by atoms with Crippen molar-refractivity contribution in [3.8, 4) is 0 Å². The Bertz CT molecular complexity index is 302. The molecule has 1 aromatic carbocycles. The van der Waals surface area contributed by atoms with Gasteiger partial charge in [-0.05, 0) is 32.3 Å². The first-order chi connectivity index (χ1) is 7.74. The molecule has 1 saturated carbocycles. The van der Waals surface area contributed by atoms with E-state index in [0.29, 0.717) is 18.3 Å². The van der Waals surface area contributed by atoms with E-state index in [-0.39, 0.29) is 0 Å². The Hall–Kier alpha value is -0.860. The van der Waals surface area contributed by atoms with Crippen molar-refractivity contribution in [2.45, 2.75) is 51.6 Å². The minimum absolute atomic E-state index is 0.333. The number of rotatable bonds is 5. The second-order valence-electron chi connectivity index (χ2n) is 4.70. The molecule has 0 aliphatic heterocycles. The predicted octanol–water partition coefficient (Wildman–Crippen LogP) is 3.16. The maximum atomic E-state index is 5.80. The highest BCUT2D eigenvalue weighted by Crippen LogP contribution is 2.28. The van der Waals surface area contributed by atoms with Gasteiger partial charge in [0.1, 0.15) is 0 Å². The van der Waals surface area contributed by atoms with E-state index < -0.39 is 0 Å². The molecule has 1 aliphatic carbocycles. The molecule has 88 valence electrons. The summed E-state index contributed by atoms with van der Waals surface area (Å²) in [6, 6.07) is 10.3. The first kappa shape index (κ1) is 11.6. The first-order valence-electron chi connectivity index (χ1n) is 6.05. The van der Waals surface area contributed by atoms with Crippen LogP contribution in [0, 0.1) is 0 Å². The van der Waals surface area contributed by atoms with Crippen LogP contribution in [0.15, 0.2) is 30.3 Å². The average molecular weight is 220 g/mol. The van der Waals surface area contributed by atoms with E-state index in [1.807, 2.05) is 18.2 Å². The SMILES string of the molecule is CC(C)O[C@H]1C[C@@H](OCc2ccccc2)C1. The molecule has 1 aliphatic rings. The van der Waals surface area contributed by atoms with Crippen LogP contribution in [-0.4, -0.2) is 18.3 Å². The van der Waals surface area contributed by atoms with E-state index in [1.165, 1.54) is 5.56 Å². The lowest BCUT2D eigenvalue weighted by molar-refractivity contribution is -0.122. The molecule has 0 heterocycles. The second kappa shape index (κ2) is 5.46. The van der Waals surface area contributed by atoms with Crippen LogP contribution in [-0.2, 0) is 16.1 Å². The molecule has 0 amide bonds. The summed E-state index contributed by atoms with van der Waals surface area (Å²) in [5, 5.41) is 0. The Morgan fingerprint density at radius 1 is 1.12 bits per heavy atom. The van der Waals surface area contributed by atoms with E-state index in [4.69, 9.17) is 9.47 Å². The zero-order chi connectivity index (χ0) is 11.4. The summed E-state index contributed by atoms with van der Waals surface area (Å²) in [5.74, 6) is 0. The lowest BCUT2D eigenvalue weighted by Gasteiger charge is -2.36. The van der Waals surface area contributed by atoms with Gasteiger partial charge in [-0.1, -0.05) is 30.3 Å². The zero-order valence-electron chi connectivity index (χ0n) is 10.1. The molecule has 0 N–H and O–H groups in total. The predicted molar refractivity (Wildman–Crippen MR) is 64.3 cm³/mol. The molecule has 2 rings (SSSR count). The zero-order valence-corrected chi connectivity index (χ0v) is 10.1.